The lowest BCUT2D eigenvalue weighted by molar-refractivity contribution is -0.269. The summed E-state index contributed by atoms with van der Waals surface area (Å²) in [6.45, 7) is 7.00. The molecule has 0 aliphatic rings. The lowest BCUT2D eigenvalue weighted by Crippen LogP contribution is -1.95. The Bertz CT molecular complexity index is 50.5. The molecule has 0 fully saturated rings. The Labute approximate surface area is 74.4 Å². The van der Waals surface area contributed by atoms with Crippen molar-refractivity contribution in [1.29, 1.82) is 0 Å². The Morgan fingerprint density at radius 3 is 0.909 bits per heavy atom. The average Bonchev–Trinajstić information content (AvgIpc) is 1.89. The molecule has 0 aromatic heterocycles. The van der Waals surface area contributed by atoms with Crippen molar-refractivity contribution in [3.8, 4) is 0 Å². The molecule has 0 atom stereocenters. The zero-order chi connectivity index (χ0) is 8.57. The van der Waals surface area contributed by atoms with E-state index in [1.807, 2.05) is 0 Å². The van der Waals surface area contributed by atoms with Gasteiger partial charge in [-0.1, -0.05) is 0 Å². The smallest absolute Gasteiger partial charge is 0.0871 e. The summed E-state index contributed by atoms with van der Waals surface area (Å²) in [6, 6.07) is 0. The lowest BCUT2D eigenvalue weighted by atomic mass is 10.5. The molecule has 0 unspecified atom stereocenters. The van der Waals surface area contributed by atoms with Gasteiger partial charge in [-0.05, 0) is 27.7 Å². The van der Waals surface area contributed by atoms with Crippen LogP contribution in [0.5, 0.6) is 0 Å². The standard InChI is InChI=1S/2C3H8O2.H2S/c2*1-3(2)5-4;/h2*3-4H,1-2H3;1H2. The van der Waals surface area contributed by atoms with Gasteiger partial charge in [0.2, 0.25) is 0 Å². The highest BCUT2D eigenvalue weighted by Gasteiger charge is 1.82. The molecule has 0 aromatic carbocycles. The van der Waals surface area contributed by atoms with Gasteiger partial charge in [0, 0.05) is 0 Å². The van der Waals surface area contributed by atoms with E-state index >= 15 is 0 Å². The number of rotatable bonds is 2. The molecule has 0 amide bonds. The number of hydrogen-bond acceptors (Lipinski definition) is 4. The predicted octanol–water partition coefficient (Wildman–Crippen LogP) is 1.88. The zero-order valence-corrected chi connectivity index (χ0v) is 8.37. The van der Waals surface area contributed by atoms with E-state index in [0.29, 0.717) is 0 Å². The second-order valence-electron chi connectivity index (χ2n) is 2.31. The maximum atomic E-state index is 7.64. The minimum Gasteiger partial charge on any atom is -0.252 e. The van der Waals surface area contributed by atoms with Gasteiger partial charge in [-0.3, -0.25) is 10.5 Å². The summed E-state index contributed by atoms with van der Waals surface area (Å²) < 4.78 is 0. The van der Waals surface area contributed by atoms with E-state index in [2.05, 4.69) is 9.78 Å². The SMILES string of the molecule is CC(C)OO.CC(C)OO.S. The largest absolute Gasteiger partial charge is 0.252 e. The molecular weight excluding hydrogens is 168 g/mol. The van der Waals surface area contributed by atoms with Gasteiger partial charge in [-0.25, -0.2) is 9.78 Å². The summed E-state index contributed by atoms with van der Waals surface area (Å²) in [6.07, 6.45) is -0.120. The van der Waals surface area contributed by atoms with E-state index in [-0.39, 0.29) is 25.7 Å². The van der Waals surface area contributed by atoms with E-state index < -0.39 is 0 Å². The molecule has 0 aliphatic heterocycles. The van der Waals surface area contributed by atoms with Crippen molar-refractivity contribution in [3.05, 3.63) is 0 Å². The van der Waals surface area contributed by atoms with Crippen LogP contribution in [-0.2, 0) is 9.78 Å². The third kappa shape index (κ3) is 38.9. The third-order valence-corrected chi connectivity index (χ3v) is 0.422. The van der Waals surface area contributed by atoms with E-state index in [0.717, 1.165) is 0 Å². The molecule has 0 rings (SSSR count). The first kappa shape index (κ1) is 17.3. The molecule has 0 spiro atoms. The maximum absolute atomic E-state index is 7.64. The highest BCUT2D eigenvalue weighted by molar-refractivity contribution is 7.59. The predicted molar refractivity (Wildman–Crippen MR) is 48.1 cm³/mol. The van der Waals surface area contributed by atoms with Crippen LogP contribution in [0.3, 0.4) is 0 Å². The van der Waals surface area contributed by atoms with Crippen LogP contribution in [0.2, 0.25) is 0 Å². The van der Waals surface area contributed by atoms with Crippen LogP contribution in [0.25, 0.3) is 0 Å². The Kier molecular flexibility index (Phi) is 20.2. The van der Waals surface area contributed by atoms with Gasteiger partial charge in [0.15, 0.2) is 0 Å². The van der Waals surface area contributed by atoms with Crippen molar-refractivity contribution >= 4 is 13.5 Å². The molecule has 0 heterocycles. The Balaban J connectivity index is -0.000000107. The minimum absolute atomic E-state index is 0. The first-order valence-corrected chi connectivity index (χ1v) is 3.15. The topological polar surface area (TPSA) is 58.9 Å². The zero-order valence-electron chi connectivity index (χ0n) is 7.37. The van der Waals surface area contributed by atoms with Crippen molar-refractivity contribution in [1.82, 2.24) is 0 Å². The van der Waals surface area contributed by atoms with Crippen molar-refractivity contribution in [2.75, 3.05) is 0 Å². The third-order valence-electron chi connectivity index (χ3n) is 0.422. The van der Waals surface area contributed by atoms with Gasteiger partial charge < -0.3 is 0 Å². The Hall–Kier alpha value is 0.190. The number of hydrogen-bond donors (Lipinski definition) is 2. The molecule has 11 heavy (non-hydrogen) atoms. The van der Waals surface area contributed by atoms with Gasteiger partial charge in [0.1, 0.15) is 0 Å². The molecule has 2 N–H and O–H groups in total. The molecule has 0 aliphatic carbocycles. The van der Waals surface area contributed by atoms with Crippen LogP contribution in [0.1, 0.15) is 27.7 Å². The maximum Gasteiger partial charge on any atom is 0.0871 e. The van der Waals surface area contributed by atoms with Crippen LogP contribution in [-0.4, -0.2) is 22.7 Å². The van der Waals surface area contributed by atoms with Gasteiger partial charge in [-0.15, -0.1) is 0 Å². The van der Waals surface area contributed by atoms with Gasteiger partial charge in [-0.2, -0.15) is 13.5 Å². The molecule has 72 valence electrons. The monoisotopic (exact) mass is 186 g/mol. The average molecular weight is 186 g/mol. The van der Waals surface area contributed by atoms with E-state index in [1.54, 1.807) is 27.7 Å². The summed E-state index contributed by atoms with van der Waals surface area (Å²) in [4.78, 5) is 7.50. The molecule has 4 nitrogen and oxygen atoms in total. The highest BCUT2D eigenvalue weighted by atomic mass is 32.1. The van der Waals surface area contributed by atoms with Crippen molar-refractivity contribution in [2.24, 2.45) is 0 Å². The Morgan fingerprint density at radius 1 is 0.818 bits per heavy atom. The first-order valence-electron chi connectivity index (χ1n) is 3.15. The summed E-state index contributed by atoms with van der Waals surface area (Å²) in [5.74, 6) is 0. The molecule has 0 saturated carbocycles. The molecule has 0 aromatic rings. The quantitative estimate of drug-likeness (QED) is 0.510. The molecule has 5 heteroatoms. The van der Waals surface area contributed by atoms with Crippen LogP contribution in [0, 0.1) is 0 Å². The van der Waals surface area contributed by atoms with Crippen LogP contribution in [0.4, 0.5) is 0 Å². The van der Waals surface area contributed by atoms with Gasteiger partial charge >= 0.3 is 0 Å². The first-order chi connectivity index (χ1) is 4.54. The van der Waals surface area contributed by atoms with Crippen molar-refractivity contribution < 1.29 is 20.3 Å². The van der Waals surface area contributed by atoms with E-state index in [9.17, 15) is 0 Å². The van der Waals surface area contributed by atoms with Gasteiger partial charge in [0.25, 0.3) is 0 Å². The summed E-state index contributed by atoms with van der Waals surface area (Å²) in [7, 11) is 0. The van der Waals surface area contributed by atoms with E-state index in [1.165, 1.54) is 0 Å². The molecule has 0 radical (unpaired) electrons. The van der Waals surface area contributed by atoms with Crippen molar-refractivity contribution in [3.63, 3.8) is 0 Å². The van der Waals surface area contributed by atoms with Crippen LogP contribution in [0.15, 0.2) is 0 Å². The van der Waals surface area contributed by atoms with Gasteiger partial charge in [0.05, 0.1) is 12.2 Å². The van der Waals surface area contributed by atoms with Crippen molar-refractivity contribution in [2.45, 2.75) is 39.9 Å². The fourth-order valence-electron chi connectivity index (χ4n) is 0. The molecule has 0 saturated heterocycles. The summed E-state index contributed by atoms with van der Waals surface area (Å²) in [5, 5.41) is 15.3. The Morgan fingerprint density at radius 2 is 0.909 bits per heavy atom. The van der Waals surface area contributed by atoms with Crippen LogP contribution < -0.4 is 0 Å². The molecule has 0 bridgehead atoms. The normalized spacial score (nSPS) is 8.73. The second-order valence-corrected chi connectivity index (χ2v) is 2.31. The second kappa shape index (κ2) is 12.8. The highest BCUT2D eigenvalue weighted by Crippen LogP contribution is 1.77. The molecular formula is C6H18O4S. The minimum atomic E-state index is -0.0602. The fraction of sp³-hybridized carbons (Fsp3) is 1.00. The fourth-order valence-corrected chi connectivity index (χ4v) is 0. The summed E-state index contributed by atoms with van der Waals surface area (Å²) >= 11 is 0. The van der Waals surface area contributed by atoms with E-state index in [4.69, 9.17) is 10.5 Å². The lowest BCUT2D eigenvalue weighted by Gasteiger charge is -1.91. The van der Waals surface area contributed by atoms with Crippen LogP contribution >= 0.6 is 13.5 Å². The summed E-state index contributed by atoms with van der Waals surface area (Å²) in [5.41, 5.74) is 0.